The fourth-order valence-electron chi connectivity index (χ4n) is 2.31. The predicted molar refractivity (Wildman–Crippen MR) is 78.7 cm³/mol. The van der Waals surface area contributed by atoms with Gasteiger partial charge in [-0.25, -0.2) is 4.79 Å². The lowest BCUT2D eigenvalue weighted by Gasteiger charge is -2.32. The Balaban J connectivity index is 2.53. The Morgan fingerprint density at radius 2 is 1.71 bits per heavy atom. The van der Waals surface area contributed by atoms with Gasteiger partial charge in [0.15, 0.2) is 0 Å². The van der Waals surface area contributed by atoms with Crippen LogP contribution in [0.3, 0.4) is 0 Å². The molecule has 1 aliphatic heterocycles. The van der Waals surface area contributed by atoms with E-state index in [4.69, 9.17) is 5.11 Å². The van der Waals surface area contributed by atoms with Gasteiger partial charge in [-0.1, -0.05) is 6.92 Å². The van der Waals surface area contributed by atoms with Gasteiger partial charge in [-0.2, -0.15) is 0 Å². The van der Waals surface area contributed by atoms with Crippen LogP contribution in [-0.4, -0.2) is 46.9 Å². The van der Waals surface area contributed by atoms with Crippen LogP contribution in [0, 0.1) is 0 Å². The van der Waals surface area contributed by atoms with Crippen molar-refractivity contribution in [1.29, 1.82) is 0 Å². The number of hydrogen-bond donors (Lipinski definition) is 2. The van der Waals surface area contributed by atoms with Crippen LogP contribution in [0.15, 0.2) is 11.1 Å². The minimum atomic E-state index is -1.07. The number of piperidine rings is 1. The summed E-state index contributed by atoms with van der Waals surface area (Å²) in [6.45, 7) is 6.02. The van der Waals surface area contributed by atoms with Gasteiger partial charge in [0.1, 0.15) is 0 Å². The van der Waals surface area contributed by atoms with Crippen molar-refractivity contribution in [2.45, 2.75) is 52.5 Å². The number of amides is 2. The van der Waals surface area contributed by atoms with Crippen molar-refractivity contribution in [3.63, 3.8) is 0 Å². The van der Waals surface area contributed by atoms with Crippen molar-refractivity contribution in [2.24, 2.45) is 0 Å². The molecule has 0 aliphatic carbocycles. The molecule has 0 atom stereocenters. The Morgan fingerprint density at radius 3 is 2.19 bits per heavy atom. The van der Waals surface area contributed by atoms with Gasteiger partial charge in [-0.3, -0.25) is 9.59 Å². The summed E-state index contributed by atoms with van der Waals surface area (Å²) in [4.78, 5) is 36.3. The molecule has 1 fully saturated rings. The van der Waals surface area contributed by atoms with Crippen LogP contribution in [0.25, 0.3) is 0 Å². The van der Waals surface area contributed by atoms with E-state index in [-0.39, 0.29) is 29.0 Å². The zero-order valence-corrected chi connectivity index (χ0v) is 12.9. The molecular formula is C15H24N2O4. The van der Waals surface area contributed by atoms with Gasteiger partial charge in [0, 0.05) is 36.7 Å². The summed E-state index contributed by atoms with van der Waals surface area (Å²) in [7, 11) is 0. The third kappa shape index (κ3) is 4.88. The number of nitrogens with one attached hydrogen (secondary N) is 1. The van der Waals surface area contributed by atoms with Crippen molar-refractivity contribution >= 4 is 17.8 Å². The van der Waals surface area contributed by atoms with E-state index >= 15 is 0 Å². The topological polar surface area (TPSA) is 86.7 Å². The van der Waals surface area contributed by atoms with Gasteiger partial charge in [0.25, 0.3) is 0 Å². The minimum Gasteiger partial charge on any atom is -0.478 e. The van der Waals surface area contributed by atoms with Crippen molar-refractivity contribution in [3.8, 4) is 0 Å². The second-order valence-electron chi connectivity index (χ2n) is 5.44. The van der Waals surface area contributed by atoms with Gasteiger partial charge >= 0.3 is 5.97 Å². The first kappa shape index (κ1) is 17.2. The lowest BCUT2D eigenvalue weighted by atomic mass is 10.0. The molecule has 6 heteroatoms. The van der Waals surface area contributed by atoms with Crippen LogP contribution in [0.2, 0.25) is 0 Å². The largest absolute Gasteiger partial charge is 0.478 e. The number of nitrogens with zero attached hydrogens (tertiary/aromatic N) is 1. The zero-order chi connectivity index (χ0) is 16.0. The first-order valence-electron chi connectivity index (χ1n) is 7.36. The highest BCUT2D eigenvalue weighted by Gasteiger charge is 2.25. The molecule has 0 bridgehead atoms. The second-order valence-corrected chi connectivity index (χ2v) is 5.44. The van der Waals surface area contributed by atoms with Gasteiger partial charge < -0.3 is 15.3 Å². The Kier molecular flexibility index (Phi) is 6.39. The number of rotatable bonds is 5. The molecule has 1 aliphatic rings. The summed E-state index contributed by atoms with van der Waals surface area (Å²) in [6, 6.07) is 0.109. The molecule has 0 spiro atoms. The van der Waals surface area contributed by atoms with Crippen molar-refractivity contribution in [3.05, 3.63) is 11.1 Å². The number of carboxylic acids is 1. The Labute approximate surface area is 125 Å². The first-order chi connectivity index (χ1) is 9.86. The van der Waals surface area contributed by atoms with E-state index in [1.807, 2.05) is 6.92 Å². The van der Waals surface area contributed by atoms with E-state index in [1.54, 1.807) is 11.8 Å². The number of carboxylic acid groups (broad SMARTS) is 1. The maximum atomic E-state index is 12.2. The highest BCUT2D eigenvalue weighted by molar-refractivity contribution is 6.01. The van der Waals surface area contributed by atoms with E-state index in [9.17, 15) is 14.4 Å². The molecule has 0 saturated carbocycles. The minimum absolute atomic E-state index is 0.0556. The molecule has 6 nitrogen and oxygen atoms in total. The third-order valence-electron chi connectivity index (χ3n) is 3.83. The fourth-order valence-corrected chi connectivity index (χ4v) is 2.31. The number of carbonyl (C=O) groups excluding carboxylic acids is 2. The van der Waals surface area contributed by atoms with Crippen molar-refractivity contribution < 1.29 is 19.5 Å². The molecule has 0 aromatic rings. The van der Waals surface area contributed by atoms with Crippen molar-refractivity contribution in [2.75, 3.05) is 13.1 Å². The van der Waals surface area contributed by atoms with Gasteiger partial charge in [-0.15, -0.1) is 0 Å². The zero-order valence-electron chi connectivity index (χ0n) is 12.9. The van der Waals surface area contributed by atoms with Gasteiger partial charge in [0.05, 0.1) is 0 Å². The second kappa shape index (κ2) is 7.81. The maximum absolute atomic E-state index is 12.2. The third-order valence-corrected chi connectivity index (χ3v) is 3.83. The molecule has 0 radical (unpaired) electrons. The summed E-state index contributed by atoms with van der Waals surface area (Å²) < 4.78 is 0. The number of hydrogen-bond acceptors (Lipinski definition) is 3. The van der Waals surface area contributed by atoms with Crippen LogP contribution >= 0.6 is 0 Å². The SMILES string of the molecule is CCCC(=O)NC1CCN(C(=O)C(C)=C(C)C(=O)O)CC1. The molecule has 1 heterocycles. The van der Waals surface area contributed by atoms with Crippen LogP contribution in [0.5, 0.6) is 0 Å². The summed E-state index contributed by atoms with van der Waals surface area (Å²) in [5.41, 5.74) is 0.356. The fraction of sp³-hybridized carbons (Fsp3) is 0.667. The summed E-state index contributed by atoms with van der Waals surface area (Å²) in [5.74, 6) is -1.24. The monoisotopic (exact) mass is 296 g/mol. The predicted octanol–water partition coefficient (Wildman–Crippen LogP) is 1.31. The number of carbonyl (C=O) groups is 3. The lowest BCUT2D eigenvalue weighted by Crippen LogP contribution is -2.46. The molecular weight excluding hydrogens is 272 g/mol. The molecule has 118 valence electrons. The van der Waals surface area contributed by atoms with E-state index < -0.39 is 5.97 Å². The average Bonchev–Trinajstić information content (AvgIpc) is 2.45. The molecule has 1 saturated heterocycles. The highest BCUT2D eigenvalue weighted by atomic mass is 16.4. The Bertz CT molecular complexity index is 449. The Morgan fingerprint density at radius 1 is 1.14 bits per heavy atom. The maximum Gasteiger partial charge on any atom is 0.331 e. The normalized spacial score (nSPS) is 17.2. The standard InChI is InChI=1S/C15H24N2O4/c1-4-5-13(18)16-12-6-8-17(9-7-12)14(19)10(2)11(3)15(20)21/h12H,4-9H2,1-3H3,(H,16,18)(H,20,21). The molecule has 2 amide bonds. The van der Waals surface area contributed by atoms with E-state index in [1.165, 1.54) is 6.92 Å². The van der Waals surface area contributed by atoms with Gasteiger partial charge in [0.2, 0.25) is 11.8 Å². The number of likely N-dealkylation sites (tertiary alicyclic amines) is 1. The lowest BCUT2D eigenvalue weighted by molar-refractivity contribution is -0.134. The summed E-state index contributed by atoms with van der Waals surface area (Å²) in [6.07, 6.45) is 2.77. The van der Waals surface area contributed by atoms with Crippen LogP contribution < -0.4 is 5.32 Å². The van der Waals surface area contributed by atoms with Crippen LogP contribution in [0.4, 0.5) is 0 Å². The van der Waals surface area contributed by atoms with E-state index in [0.717, 1.165) is 6.42 Å². The Hall–Kier alpha value is -1.85. The summed E-state index contributed by atoms with van der Waals surface area (Å²) in [5, 5.41) is 11.9. The molecule has 0 unspecified atom stereocenters. The molecule has 0 aromatic heterocycles. The molecule has 21 heavy (non-hydrogen) atoms. The quantitative estimate of drug-likeness (QED) is 0.749. The van der Waals surface area contributed by atoms with E-state index in [2.05, 4.69) is 5.32 Å². The smallest absolute Gasteiger partial charge is 0.331 e. The van der Waals surface area contributed by atoms with Gasteiger partial charge in [-0.05, 0) is 33.1 Å². The average molecular weight is 296 g/mol. The van der Waals surface area contributed by atoms with Crippen LogP contribution in [0.1, 0.15) is 46.5 Å². The first-order valence-corrected chi connectivity index (χ1v) is 7.36. The summed E-state index contributed by atoms with van der Waals surface area (Å²) >= 11 is 0. The van der Waals surface area contributed by atoms with E-state index in [0.29, 0.717) is 32.4 Å². The van der Waals surface area contributed by atoms with Crippen LogP contribution in [-0.2, 0) is 14.4 Å². The molecule has 0 aromatic carbocycles. The van der Waals surface area contributed by atoms with Crippen molar-refractivity contribution in [1.82, 2.24) is 10.2 Å². The molecule has 2 N–H and O–H groups in total. The highest BCUT2D eigenvalue weighted by Crippen LogP contribution is 2.15. The molecule has 1 rings (SSSR count). The number of aliphatic carboxylic acids is 1.